The maximum Gasteiger partial charge on any atom is 0.256 e. The van der Waals surface area contributed by atoms with E-state index in [1.165, 1.54) is 17.0 Å². The molecule has 0 unspecified atom stereocenters. The third-order valence-electron chi connectivity index (χ3n) is 2.95. The van der Waals surface area contributed by atoms with Gasteiger partial charge in [-0.1, -0.05) is 5.16 Å². The molecule has 18 heavy (non-hydrogen) atoms. The molecular formula is C12H13FN2O3. The van der Waals surface area contributed by atoms with E-state index in [2.05, 4.69) is 5.16 Å². The Morgan fingerprint density at radius 2 is 2.00 bits per heavy atom. The van der Waals surface area contributed by atoms with Crippen LogP contribution >= 0.6 is 0 Å². The van der Waals surface area contributed by atoms with Gasteiger partial charge in [-0.15, -0.1) is 0 Å². The summed E-state index contributed by atoms with van der Waals surface area (Å²) in [5.41, 5.74) is 0.586. The number of carbonyl (C=O) groups excluding carboxylic acids is 1. The molecule has 0 spiro atoms. The highest BCUT2D eigenvalue weighted by Crippen LogP contribution is 2.18. The second kappa shape index (κ2) is 5.03. The number of nitrogens with zero attached hydrogens (tertiary/aromatic N) is 2. The van der Waals surface area contributed by atoms with Crippen LogP contribution in [0.2, 0.25) is 0 Å². The molecule has 5 nitrogen and oxygen atoms in total. The van der Waals surface area contributed by atoms with Crippen LogP contribution in [0.15, 0.2) is 23.4 Å². The summed E-state index contributed by atoms with van der Waals surface area (Å²) >= 11 is 0. The molecule has 1 heterocycles. The van der Waals surface area contributed by atoms with Crippen molar-refractivity contribution in [2.45, 2.75) is 12.8 Å². The van der Waals surface area contributed by atoms with E-state index in [4.69, 9.17) is 10.3 Å². The van der Waals surface area contributed by atoms with E-state index in [0.717, 1.165) is 6.07 Å². The molecule has 0 aliphatic carbocycles. The first kappa shape index (κ1) is 12.3. The van der Waals surface area contributed by atoms with Crippen LogP contribution in [-0.2, 0) is 0 Å². The van der Waals surface area contributed by atoms with Crippen LogP contribution in [0.4, 0.5) is 4.39 Å². The Hall–Kier alpha value is -2.11. The fraction of sp³-hybridized carbons (Fsp3) is 0.333. The van der Waals surface area contributed by atoms with Gasteiger partial charge in [-0.25, -0.2) is 4.39 Å². The second-order valence-corrected chi connectivity index (χ2v) is 4.12. The van der Waals surface area contributed by atoms with Crippen LogP contribution in [0.25, 0.3) is 0 Å². The van der Waals surface area contributed by atoms with Crippen molar-refractivity contribution in [3.63, 3.8) is 0 Å². The fourth-order valence-electron chi connectivity index (χ4n) is 1.92. The molecule has 0 aromatic heterocycles. The lowest BCUT2D eigenvalue weighted by atomic mass is 10.1. The van der Waals surface area contributed by atoms with Gasteiger partial charge in [0.25, 0.3) is 5.91 Å². The lowest BCUT2D eigenvalue weighted by Gasteiger charge is -2.27. The Kier molecular flexibility index (Phi) is 3.45. The average Bonchev–Trinajstić information content (AvgIpc) is 2.38. The lowest BCUT2D eigenvalue weighted by molar-refractivity contribution is 0.0749. The molecule has 1 saturated heterocycles. The molecule has 1 aromatic carbocycles. The number of hydrogen-bond acceptors (Lipinski definition) is 4. The van der Waals surface area contributed by atoms with Gasteiger partial charge in [0, 0.05) is 32.0 Å². The predicted octanol–water partition coefficient (Wildman–Crippen LogP) is 1.60. The van der Waals surface area contributed by atoms with Gasteiger partial charge in [0.2, 0.25) is 0 Å². The highest BCUT2D eigenvalue weighted by Gasteiger charge is 2.23. The van der Waals surface area contributed by atoms with Crippen LogP contribution in [0.1, 0.15) is 23.2 Å². The minimum absolute atomic E-state index is 0.0582. The van der Waals surface area contributed by atoms with E-state index in [9.17, 15) is 9.18 Å². The molecule has 0 saturated carbocycles. The smallest absolute Gasteiger partial charge is 0.256 e. The highest BCUT2D eigenvalue weighted by molar-refractivity contribution is 5.96. The van der Waals surface area contributed by atoms with Gasteiger partial charge in [0.15, 0.2) is 0 Å². The minimum Gasteiger partial charge on any atom is -0.508 e. The number of phenolic OH excluding ortho intramolecular Hbond substituents is 1. The SMILES string of the molecule is O=C(c1ccc(O)cc1F)N1CCC(=NO)CC1. The second-order valence-electron chi connectivity index (χ2n) is 4.12. The van der Waals surface area contributed by atoms with Crippen molar-refractivity contribution >= 4 is 11.6 Å². The summed E-state index contributed by atoms with van der Waals surface area (Å²) in [4.78, 5) is 13.5. The normalized spacial score (nSPS) is 15.6. The summed E-state index contributed by atoms with van der Waals surface area (Å²) in [6.07, 6.45) is 0.976. The van der Waals surface area contributed by atoms with Crippen molar-refractivity contribution in [3.05, 3.63) is 29.6 Å². The zero-order chi connectivity index (χ0) is 13.1. The highest BCUT2D eigenvalue weighted by atomic mass is 19.1. The Morgan fingerprint density at radius 3 is 2.56 bits per heavy atom. The number of oxime groups is 1. The van der Waals surface area contributed by atoms with Crippen molar-refractivity contribution in [2.24, 2.45) is 5.16 Å². The molecule has 1 aliphatic heterocycles. The molecule has 0 radical (unpaired) electrons. The van der Waals surface area contributed by atoms with E-state index in [-0.39, 0.29) is 11.3 Å². The van der Waals surface area contributed by atoms with E-state index in [0.29, 0.717) is 31.6 Å². The van der Waals surface area contributed by atoms with Gasteiger partial charge in [-0.05, 0) is 12.1 Å². The molecule has 1 aromatic rings. The number of hydrogen-bond donors (Lipinski definition) is 2. The maximum atomic E-state index is 13.5. The molecule has 2 N–H and O–H groups in total. The summed E-state index contributed by atoms with van der Waals surface area (Å²) in [7, 11) is 0. The first-order valence-corrected chi connectivity index (χ1v) is 5.59. The number of amides is 1. The van der Waals surface area contributed by atoms with Gasteiger partial charge in [0.1, 0.15) is 11.6 Å². The van der Waals surface area contributed by atoms with Crippen LogP contribution in [0, 0.1) is 5.82 Å². The summed E-state index contributed by atoms with van der Waals surface area (Å²) in [5, 5.41) is 20.8. The molecule has 1 aliphatic rings. The molecule has 2 rings (SSSR count). The minimum atomic E-state index is -0.735. The topological polar surface area (TPSA) is 73.1 Å². The Balaban J connectivity index is 2.12. The van der Waals surface area contributed by atoms with Crippen LogP contribution in [0.5, 0.6) is 5.75 Å². The third-order valence-corrected chi connectivity index (χ3v) is 2.95. The molecule has 96 valence electrons. The molecule has 0 bridgehead atoms. The Morgan fingerprint density at radius 1 is 1.33 bits per heavy atom. The van der Waals surface area contributed by atoms with Crippen molar-refractivity contribution in [1.82, 2.24) is 4.90 Å². The van der Waals surface area contributed by atoms with E-state index in [1.807, 2.05) is 0 Å². The van der Waals surface area contributed by atoms with E-state index < -0.39 is 11.7 Å². The van der Waals surface area contributed by atoms with Crippen LogP contribution < -0.4 is 0 Å². The number of carbonyl (C=O) groups is 1. The van der Waals surface area contributed by atoms with Crippen LogP contribution in [0.3, 0.4) is 0 Å². The summed E-state index contributed by atoms with van der Waals surface area (Å²) in [6, 6.07) is 3.46. The van der Waals surface area contributed by atoms with Crippen molar-refractivity contribution in [3.8, 4) is 5.75 Å². The zero-order valence-electron chi connectivity index (χ0n) is 9.64. The first-order valence-electron chi connectivity index (χ1n) is 5.59. The molecular weight excluding hydrogens is 239 g/mol. The summed E-state index contributed by atoms with van der Waals surface area (Å²) in [5.74, 6) is -1.36. The number of phenols is 1. The van der Waals surface area contributed by atoms with E-state index >= 15 is 0 Å². The number of benzene rings is 1. The van der Waals surface area contributed by atoms with Crippen molar-refractivity contribution in [2.75, 3.05) is 13.1 Å². The molecule has 1 fully saturated rings. The third kappa shape index (κ3) is 2.42. The predicted molar refractivity (Wildman–Crippen MR) is 62.4 cm³/mol. The number of halogens is 1. The standard InChI is InChI=1S/C12H13FN2O3/c13-11-7-9(16)1-2-10(11)12(17)15-5-3-8(14-18)4-6-15/h1-2,7,16,18H,3-6H2. The van der Waals surface area contributed by atoms with Gasteiger partial charge < -0.3 is 15.2 Å². The van der Waals surface area contributed by atoms with Gasteiger partial charge in [0.05, 0.1) is 11.3 Å². The van der Waals surface area contributed by atoms with Crippen molar-refractivity contribution in [1.29, 1.82) is 0 Å². The Labute approximate surface area is 103 Å². The van der Waals surface area contributed by atoms with E-state index in [1.54, 1.807) is 0 Å². The molecule has 6 heteroatoms. The maximum absolute atomic E-state index is 13.5. The van der Waals surface area contributed by atoms with Crippen molar-refractivity contribution < 1.29 is 19.5 Å². The number of aromatic hydroxyl groups is 1. The lowest BCUT2D eigenvalue weighted by Crippen LogP contribution is -2.39. The van der Waals surface area contributed by atoms with Gasteiger partial charge >= 0.3 is 0 Å². The quantitative estimate of drug-likeness (QED) is 0.589. The average molecular weight is 252 g/mol. The molecule has 1 amide bonds. The summed E-state index contributed by atoms with van der Waals surface area (Å²) < 4.78 is 13.5. The van der Waals surface area contributed by atoms with Crippen LogP contribution in [-0.4, -0.2) is 39.9 Å². The molecule has 0 atom stereocenters. The number of rotatable bonds is 1. The first-order chi connectivity index (χ1) is 8.61. The Bertz CT molecular complexity index is 492. The fourth-order valence-corrected chi connectivity index (χ4v) is 1.92. The van der Waals surface area contributed by atoms with Gasteiger partial charge in [-0.3, -0.25) is 4.79 Å². The van der Waals surface area contributed by atoms with Gasteiger partial charge in [-0.2, -0.15) is 0 Å². The number of piperidine rings is 1. The number of likely N-dealkylation sites (tertiary alicyclic amines) is 1. The zero-order valence-corrected chi connectivity index (χ0v) is 9.64. The summed E-state index contributed by atoms with van der Waals surface area (Å²) in [6.45, 7) is 0.803. The monoisotopic (exact) mass is 252 g/mol. The largest absolute Gasteiger partial charge is 0.508 e.